The van der Waals surface area contributed by atoms with Crippen LogP contribution in [-0.4, -0.2) is 11.1 Å². The Morgan fingerprint density at radius 2 is 1.80 bits per heavy atom. The first kappa shape index (κ1) is 13.0. The Bertz CT molecular complexity index is 105. The summed E-state index contributed by atoms with van der Waals surface area (Å²) in [5.41, 5.74) is 0.151. The molecule has 0 unspecified atom stereocenters. The Kier molecular flexibility index (Phi) is 6.63. The van der Waals surface area contributed by atoms with Gasteiger partial charge in [-0.25, -0.2) is 0 Å². The number of carbonyl (C=O) groups is 1. The average molecular weight is 243 g/mol. The first-order valence-corrected chi connectivity index (χ1v) is 3.13. The number of carboxylic acid groups (broad SMARTS) is 1. The van der Waals surface area contributed by atoms with E-state index in [-0.39, 0.29) is 39.1 Å². The molecule has 10 heavy (non-hydrogen) atoms. The molecule has 0 radical (unpaired) electrons. The van der Waals surface area contributed by atoms with Gasteiger partial charge in [-0.15, -0.1) is 0 Å². The second-order valence-corrected chi connectivity index (χ2v) is 3.45. The fourth-order valence-corrected chi connectivity index (χ4v) is 0.482. The van der Waals surface area contributed by atoms with Gasteiger partial charge >= 0.3 is 5.97 Å². The number of rotatable bonds is 2. The van der Waals surface area contributed by atoms with Crippen molar-refractivity contribution in [3.63, 3.8) is 0 Å². The van der Waals surface area contributed by atoms with E-state index in [0.29, 0.717) is 0 Å². The Hall–Kier alpha value is 0.392. The predicted octanol–water partition coefficient (Wildman–Crippen LogP) is 1.89. The number of hydrogen-bond acceptors (Lipinski definition) is 1. The van der Waals surface area contributed by atoms with Gasteiger partial charge in [-0.05, 0) is 11.8 Å². The zero-order valence-corrected chi connectivity index (χ0v) is 11.0. The number of hydrogen-bond donors (Lipinski definition) is 1. The van der Waals surface area contributed by atoms with Crippen LogP contribution in [0.3, 0.4) is 0 Å². The molecular weight excluding hydrogens is 228 g/mol. The van der Waals surface area contributed by atoms with Crippen molar-refractivity contribution in [3.05, 3.63) is 0 Å². The van der Waals surface area contributed by atoms with Crippen molar-refractivity contribution < 1.29 is 37.2 Å². The van der Waals surface area contributed by atoms with Crippen LogP contribution in [0.25, 0.3) is 0 Å². The van der Waals surface area contributed by atoms with Gasteiger partial charge in [0.2, 0.25) is 0 Å². The van der Waals surface area contributed by atoms with Crippen LogP contribution in [0.5, 0.6) is 0 Å². The van der Waals surface area contributed by atoms with E-state index < -0.39 is 5.97 Å². The van der Waals surface area contributed by atoms with E-state index in [1.165, 1.54) is 0 Å². The molecule has 0 saturated heterocycles. The summed E-state index contributed by atoms with van der Waals surface area (Å²) in [5.74, 6) is -0.704. The van der Waals surface area contributed by atoms with Crippen molar-refractivity contribution >= 4 is 5.97 Å². The predicted molar refractivity (Wildman–Crippen MR) is 36.3 cm³/mol. The van der Waals surface area contributed by atoms with Gasteiger partial charge < -0.3 is 5.11 Å². The quantitative estimate of drug-likeness (QED) is 0.751. The molecule has 1 N–H and O–H groups in total. The van der Waals surface area contributed by atoms with Crippen molar-refractivity contribution in [2.75, 3.05) is 0 Å². The molecule has 0 aliphatic heterocycles. The molecule has 0 saturated carbocycles. The van der Waals surface area contributed by atoms with Crippen LogP contribution in [0, 0.1) is 5.41 Å². The second kappa shape index (κ2) is 5.10. The first-order chi connectivity index (χ1) is 3.92. The number of aliphatic carboxylic acids is 1. The van der Waals surface area contributed by atoms with Gasteiger partial charge in [0.15, 0.2) is 0 Å². The Balaban J connectivity index is 0. The maximum absolute atomic E-state index is 10.0. The Morgan fingerprint density at radius 1 is 1.40 bits per heavy atom. The smallest absolute Gasteiger partial charge is 0.303 e. The van der Waals surface area contributed by atoms with Gasteiger partial charge in [0.25, 0.3) is 0 Å². The normalized spacial score (nSPS) is 10.3. The summed E-state index contributed by atoms with van der Waals surface area (Å²) in [4.78, 5) is 10.0. The summed E-state index contributed by atoms with van der Waals surface area (Å²) in [6, 6.07) is 0. The van der Waals surface area contributed by atoms with Gasteiger partial charge in [-0.1, -0.05) is 20.8 Å². The summed E-state index contributed by atoms with van der Waals surface area (Å²) < 4.78 is 0. The van der Waals surface area contributed by atoms with E-state index in [2.05, 4.69) is 0 Å². The van der Waals surface area contributed by atoms with Crippen molar-refractivity contribution in [1.29, 1.82) is 0 Å². The third-order valence-electron chi connectivity index (χ3n) is 1.09. The fraction of sp³-hybridized carbons (Fsp3) is 0.857. The zero-order chi connectivity index (χ0) is 7.49. The molecular formula is C7H14CdO2. The molecule has 0 fully saturated rings. The molecule has 0 heterocycles. The van der Waals surface area contributed by atoms with E-state index in [9.17, 15) is 4.79 Å². The Labute approximate surface area is 82.2 Å². The number of carboxylic acids is 1. The first-order valence-electron chi connectivity index (χ1n) is 3.13. The molecule has 0 aromatic heterocycles. The van der Waals surface area contributed by atoms with Crippen LogP contribution in [-0.2, 0) is 32.1 Å². The minimum atomic E-state index is -0.704. The molecule has 0 aliphatic rings. The largest absolute Gasteiger partial charge is 0.481 e. The SMILES string of the molecule is CC(C)(C)CCC(=O)O.[Cd]. The standard InChI is InChI=1S/C7H14O2.Cd/c1-7(2,3)5-4-6(8)9;/h4-5H2,1-3H3,(H,8,9);. The van der Waals surface area contributed by atoms with Crippen molar-refractivity contribution in [2.24, 2.45) is 5.41 Å². The summed E-state index contributed by atoms with van der Waals surface area (Å²) in [5, 5.41) is 8.28. The van der Waals surface area contributed by atoms with Crippen LogP contribution in [0.4, 0.5) is 0 Å². The van der Waals surface area contributed by atoms with E-state index in [4.69, 9.17) is 5.11 Å². The zero-order valence-electron chi connectivity index (χ0n) is 6.98. The molecule has 3 heteroatoms. The van der Waals surface area contributed by atoms with Crippen LogP contribution in [0.1, 0.15) is 33.6 Å². The molecule has 56 valence electrons. The average Bonchev–Trinajstić information content (AvgIpc) is 1.59. The van der Waals surface area contributed by atoms with Gasteiger partial charge in [-0.2, -0.15) is 0 Å². The summed E-state index contributed by atoms with van der Waals surface area (Å²) in [6.07, 6.45) is 1.03. The van der Waals surface area contributed by atoms with Gasteiger partial charge in [-0.3, -0.25) is 4.79 Å². The molecule has 2 nitrogen and oxygen atoms in total. The van der Waals surface area contributed by atoms with Crippen LogP contribution >= 0.6 is 0 Å². The van der Waals surface area contributed by atoms with Crippen molar-refractivity contribution in [3.8, 4) is 0 Å². The third-order valence-corrected chi connectivity index (χ3v) is 1.09. The minimum absolute atomic E-state index is 0. The minimum Gasteiger partial charge on any atom is -0.481 e. The summed E-state index contributed by atoms with van der Waals surface area (Å²) in [7, 11) is 0. The third kappa shape index (κ3) is 11.2. The van der Waals surface area contributed by atoms with Gasteiger partial charge in [0.1, 0.15) is 0 Å². The molecule has 0 spiro atoms. The maximum Gasteiger partial charge on any atom is 0.303 e. The molecule has 0 aromatic carbocycles. The Morgan fingerprint density at radius 3 is 1.90 bits per heavy atom. The van der Waals surface area contributed by atoms with Crippen LogP contribution < -0.4 is 0 Å². The van der Waals surface area contributed by atoms with E-state index in [1.807, 2.05) is 20.8 Å². The topological polar surface area (TPSA) is 37.3 Å². The van der Waals surface area contributed by atoms with Gasteiger partial charge in [0, 0.05) is 33.7 Å². The van der Waals surface area contributed by atoms with E-state index in [1.54, 1.807) is 0 Å². The molecule has 0 atom stereocenters. The van der Waals surface area contributed by atoms with Crippen LogP contribution in [0.2, 0.25) is 0 Å². The molecule has 0 amide bonds. The summed E-state index contributed by atoms with van der Waals surface area (Å²) in [6.45, 7) is 6.11. The second-order valence-electron chi connectivity index (χ2n) is 3.45. The fourth-order valence-electron chi connectivity index (χ4n) is 0.482. The van der Waals surface area contributed by atoms with Crippen LogP contribution in [0.15, 0.2) is 0 Å². The molecule has 0 aliphatic carbocycles. The monoisotopic (exact) mass is 244 g/mol. The van der Waals surface area contributed by atoms with E-state index in [0.717, 1.165) is 6.42 Å². The van der Waals surface area contributed by atoms with Crippen molar-refractivity contribution in [2.45, 2.75) is 33.6 Å². The van der Waals surface area contributed by atoms with E-state index >= 15 is 0 Å². The molecule has 0 rings (SSSR count). The van der Waals surface area contributed by atoms with Crippen molar-refractivity contribution in [1.82, 2.24) is 0 Å². The molecule has 0 bridgehead atoms. The molecule has 0 aromatic rings. The van der Waals surface area contributed by atoms with Gasteiger partial charge in [0.05, 0.1) is 0 Å². The maximum atomic E-state index is 10.0. The summed E-state index contributed by atoms with van der Waals surface area (Å²) >= 11 is 0.